The van der Waals surface area contributed by atoms with Crippen LogP contribution in [0.25, 0.3) is 0 Å². The van der Waals surface area contributed by atoms with Gasteiger partial charge in [0.15, 0.2) is 5.82 Å². The Morgan fingerprint density at radius 3 is 2.32 bits per heavy atom. The molecule has 196 valence electrons. The maximum Gasteiger partial charge on any atom is 0.248 e. The minimum absolute atomic E-state index is 0.0788. The number of rotatable bonds is 9. The molecule has 2 aromatic carbocycles. The van der Waals surface area contributed by atoms with E-state index in [1.807, 2.05) is 0 Å². The van der Waals surface area contributed by atoms with Gasteiger partial charge in [0.25, 0.3) is 0 Å². The van der Waals surface area contributed by atoms with Gasteiger partial charge in [-0.2, -0.15) is 0 Å². The lowest BCUT2D eigenvalue weighted by molar-refractivity contribution is -0.128. The summed E-state index contributed by atoms with van der Waals surface area (Å²) in [5.41, 5.74) is -0.256. The maximum atomic E-state index is 15.0. The normalized spacial score (nSPS) is 11.9. The number of ether oxygens (including phenoxy) is 1. The largest absolute Gasteiger partial charge is 0.497 e. The molecule has 0 unspecified atom stereocenters. The number of aryl methyl sites for hydroxylation is 1. The summed E-state index contributed by atoms with van der Waals surface area (Å²) in [5.74, 6) is -0.970. The first-order valence-corrected chi connectivity index (χ1v) is 11.7. The number of carbonyl (C=O) groups excluding carboxylic acids is 3. The Bertz CT molecular complexity index is 1250. The summed E-state index contributed by atoms with van der Waals surface area (Å²) in [6.45, 7) is 7.10. The predicted octanol–water partition coefficient (Wildman–Crippen LogP) is 4.54. The van der Waals surface area contributed by atoms with E-state index in [-0.39, 0.29) is 24.3 Å². The standard InChI is InChI=1S/C27H31FN4O5/c1-17-16-22(31-37-17)29-23(33)14-15-24(34)32(21-9-7-6-8-20(21)28)25(26(35)30-27(2,3)4)18-10-12-19(36-5)13-11-18/h6-13,16,25H,14-15H2,1-5H3,(H,30,35)(H,29,31,33)/t25-/m1/s1. The van der Waals surface area contributed by atoms with Crippen LogP contribution in [0, 0.1) is 12.7 Å². The van der Waals surface area contributed by atoms with Gasteiger partial charge in [0, 0.05) is 24.4 Å². The lowest BCUT2D eigenvalue weighted by atomic mass is 10.00. The Balaban J connectivity index is 1.97. The third-order valence-corrected chi connectivity index (χ3v) is 5.28. The highest BCUT2D eigenvalue weighted by Gasteiger charge is 2.35. The van der Waals surface area contributed by atoms with E-state index >= 15 is 4.39 Å². The number of carbonyl (C=O) groups is 3. The van der Waals surface area contributed by atoms with Crippen molar-refractivity contribution < 1.29 is 28.0 Å². The van der Waals surface area contributed by atoms with Gasteiger partial charge in [-0.25, -0.2) is 4.39 Å². The van der Waals surface area contributed by atoms with E-state index < -0.39 is 35.1 Å². The van der Waals surface area contributed by atoms with Crippen molar-refractivity contribution in [1.29, 1.82) is 0 Å². The minimum atomic E-state index is -1.21. The minimum Gasteiger partial charge on any atom is -0.497 e. The molecule has 0 aliphatic rings. The number of benzene rings is 2. The number of halogens is 1. The summed E-state index contributed by atoms with van der Waals surface area (Å²) in [6, 6.07) is 12.6. The second-order valence-electron chi connectivity index (χ2n) is 9.50. The Morgan fingerprint density at radius 2 is 1.76 bits per heavy atom. The first-order valence-electron chi connectivity index (χ1n) is 11.7. The third-order valence-electron chi connectivity index (χ3n) is 5.28. The molecule has 0 bridgehead atoms. The molecule has 10 heteroatoms. The van der Waals surface area contributed by atoms with Gasteiger partial charge in [-0.3, -0.25) is 19.3 Å². The van der Waals surface area contributed by atoms with Crippen molar-refractivity contribution in [3.8, 4) is 5.75 Å². The molecule has 9 nitrogen and oxygen atoms in total. The average molecular weight is 511 g/mol. The number of nitrogens with one attached hydrogen (secondary N) is 2. The zero-order chi connectivity index (χ0) is 27.2. The van der Waals surface area contributed by atoms with E-state index in [0.717, 1.165) is 4.90 Å². The monoisotopic (exact) mass is 510 g/mol. The fourth-order valence-electron chi connectivity index (χ4n) is 3.68. The van der Waals surface area contributed by atoms with Crippen LogP contribution >= 0.6 is 0 Å². The molecule has 0 fully saturated rings. The van der Waals surface area contributed by atoms with E-state index in [0.29, 0.717) is 17.1 Å². The van der Waals surface area contributed by atoms with E-state index in [9.17, 15) is 14.4 Å². The van der Waals surface area contributed by atoms with Crippen molar-refractivity contribution in [3.05, 3.63) is 71.7 Å². The van der Waals surface area contributed by atoms with Gasteiger partial charge >= 0.3 is 0 Å². The Hall–Kier alpha value is -4.21. The van der Waals surface area contributed by atoms with Crippen LogP contribution in [0.1, 0.15) is 51.0 Å². The highest BCUT2D eigenvalue weighted by Crippen LogP contribution is 2.32. The molecule has 3 aromatic rings. The fourth-order valence-corrected chi connectivity index (χ4v) is 3.68. The number of anilines is 2. The molecule has 0 aliphatic heterocycles. The van der Waals surface area contributed by atoms with Gasteiger partial charge in [-0.1, -0.05) is 29.4 Å². The summed E-state index contributed by atoms with van der Waals surface area (Å²) >= 11 is 0. The van der Waals surface area contributed by atoms with E-state index in [2.05, 4.69) is 15.8 Å². The van der Waals surface area contributed by atoms with Crippen LogP contribution < -0.4 is 20.3 Å². The smallest absolute Gasteiger partial charge is 0.248 e. The van der Waals surface area contributed by atoms with Crippen LogP contribution in [0.5, 0.6) is 5.75 Å². The van der Waals surface area contributed by atoms with Crippen LogP contribution in [0.15, 0.2) is 59.1 Å². The summed E-state index contributed by atoms with van der Waals surface area (Å²) < 4.78 is 25.2. The highest BCUT2D eigenvalue weighted by molar-refractivity contribution is 6.03. The van der Waals surface area contributed by atoms with Crippen molar-refractivity contribution in [2.45, 2.75) is 52.1 Å². The molecule has 1 atom stereocenters. The van der Waals surface area contributed by atoms with Crippen LogP contribution in [-0.4, -0.2) is 35.5 Å². The molecule has 1 heterocycles. The number of amides is 3. The number of methoxy groups -OCH3 is 1. The second-order valence-corrected chi connectivity index (χ2v) is 9.50. The summed E-state index contributed by atoms with van der Waals surface area (Å²) in [7, 11) is 1.51. The van der Waals surface area contributed by atoms with Crippen molar-refractivity contribution in [2.75, 3.05) is 17.3 Å². The Labute approximate surface area is 215 Å². The average Bonchev–Trinajstić information content (AvgIpc) is 3.24. The number of aromatic nitrogens is 1. The topological polar surface area (TPSA) is 114 Å². The van der Waals surface area contributed by atoms with Gasteiger partial charge in [0.05, 0.1) is 12.8 Å². The highest BCUT2D eigenvalue weighted by atomic mass is 19.1. The van der Waals surface area contributed by atoms with Crippen molar-refractivity contribution >= 4 is 29.2 Å². The Morgan fingerprint density at radius 1 is 1.08 bits per heavy atom. The molecule has 3 rings (SSSR count). The molecule has 3 amide bonds. The van der Waals surface area contributed by atoms with Crippen molar-refractivity contribution in [1.82, 2.24) is 10.5 Å². The number of hydrogen-bond acceptors (Lipinski definition) is 6. The Kier molecular flexibility index (Phi) is 8.65. The fraction of sp³-hybridized carbons (Fsp3) is 0.333. The lowest BCUT2D eigenvalue weighted by Crippen LogP contribution is -2.49. The molecule has 0 aliphatic carbocycles. The molecule has 37 heavy (non-hydrogen) atoms. The van der Waals surface area contributed by atoms with E-state index in [1.54, 1.807) is 64.1 Å². The van der Waals surface area contributed by atoms with E-state index in [1.165, 1.54) is 25.3 Å². The lowest BCUT2D eigenvalue weighted by Gasteiger charge is -2.34. The molecule has 0 radical (unpaired) electrons. The van der Waals surface area contributed by atoms with Crippen LogP contribution in [0.4, 0.5) is 15.9 Å². The molecular weight excluding hydrogens is 479 g/mol. The third kappa shape index (κ3) is 7.39. The molecule has 0 saturated carbocycles. The molecular formula is C27H31FN4O5. The second kappa shape index (κ2) is 11.7. The summed E-state index contributed by atoms with van der Waals surface area (Å²) in [6.07, 6.45) is -0.502. The molecule has 2 N–H and O–H groups in total. The first-order chi connectivity index (χ1) is 17.5. The number of para-hydroxylation sites is 1. The molecule has 0 spiro atoms. The van der Waals surface area contributed by atoms with Crippen molar-refractivity contribution in [2.24, 2.45) is 0 Å². The number of hydrogen-bond donors (Lipinski definition) is 2. The summed E-state index contributed by atoms with van der Waals surface area (Å²) in [4.78, 5) is 40.7. The van der Waals surface area contributed by atoms with Gasteiger partial charge in [-0.05, 0) is 57.5 Å². The maximum absolute atomic E-state index is 15.0. The number of nitrogens with zero attached hydrogens (tertiary/aromatic N) is 2. The quantitative estimate of drug-likeness (QED) is 0.437. The zero-order valence-corrected chi connectivity index (χ0v) is 21.5. The first kappa shape index (κ1) is 27.4. The van der Waals surface area contributed by atoms with Crippen LogP contribution in [0.2, 0.25) is 0 Å². The predicted molar refractivity (Wildman–Crippen MR) is 137 cm³/mol. The van der Waals surface area contributed by atoms with E-state index in [4.69, 9.17) is 9.26 Å². The summed E-state index contributed by atoms with van der Waals surface area (Å²) in [5, 5.41) is 9.14. The van der Waals surface area contributed by atoms with Crippen molar-refractivity contribution in [3.63, 3.8) is 0 Å². The molecule has 0 saturated heterocycles. The van der Waals surface area contributed by atoms with Gasteiger partial charge in [0.1, 0.15) is 23.4 Å². The van der Waals surface area contributed by atoms with Gasteiger partial charge in [-0.15, -0.1) is 0 Å². The van der Waals surface area contributed by atoms with Gasteiger partial charge in [0.2, 0.25) is 17.7 Å². The van der Waals surface area contributed by atoms with Crippen LogP contribution in [-0.2, 0) is 14.4 Å². The molecule has 1 aromatic heterocycles. The SMILES string of the molecule is COc1ccc([C@H](C(=O)NC(C)(C)C)N(C(=O)CCC(=O)Nc2cc(C)on2)c2ccccc2F)cc1. The van der Waals surface area contributed by atoms with Crippen LogP contribution in [0.3, 0.4) is 0 Å². The zero-order valence-electron chi connectivity index (χ0n) is 21.5. The van der Waals surface area contributed by atoms with Gasteiger partial charge < -0.3 is 19.9 Å².